The summed E-state index contributed by atoms with van der Waals surface area (Å²) in [5.41, 5.74) is 3.13. The Balaban J connectivity index is 0.000000980. The zero-order valence-corrected chi connectivity index (χ0v) is 14.3. The number of halogens is 2. The molecule has 0 heterocycles. The van der Waals surface area contributed by atoms with Crippen LogP contribution in [0.5, 0.6) is 0 Å². The first kappa shape index (κ1) is 15.4. The van der Waals surface area contributed by atoms with Crippen LogP contribution in [0.3, 0.4) is 0 Å². The largest absolute Gasteiger partial charge is 0.147 e. The Morgan fingerprint density at radius 3 is 1.53 bits per heavy atom. The summed E-state index contributed by atoms with van der Waals surface area (Å²) >= 11 is -0.612. The zero-order chi connectivity index (χ0) is 9.26. The minimum Gasteiger partial charge on any atom is -0.147 e. The average molecular weight is 410 g/mol. The molecule has 3 heteroatoms. The van der Waals surface area contributed by atoms with Crippen molar-refractivity contribution >= 4 is 24.8 Å². The van der Waals surface area contributed by atoms with Gasteiger partial charge in [-0.25, -0.2) is 0 Å². The van der Waals surface area contributed by atoms with Crippen molar-refractivity contribution in [3.8, 4) is 0 Å². The van der Waals surface area contributed by atoms with E-state index in [-0.39, 0.29) is 24.8 Å². The number of hydrogen-bond donors (Lipinski definition) is 0. The molecule has 0 unspecified atom stereocenters. The summed E-state index contributed by atoms with van der Waals surface area (Å²) < 4.78 is 3.61. The van der Waals surface area contributed by atoms with Gasteiger partial charge in [0, 0.05) is 0 Å². The molecule has 0 atom stereocenters. The van der Waals surface area contributed by atoms with Crippen LogP contribution >= 0.6 is 24.8 Å². The molecule has 0 bridgehead atoms. The standard InChI is InChI=1S/2C6H7.2ClH.Hf/c2*1-6-4-2-3-5-6;;;/h2*2,4H,3H2,1H3;2*1H;. The quantitative estimate of drug-likeness (QED) is 0.594. The van der Waals surface area contributed by atoms with Crippen LogP contribution in [-0.4, -0.2) is 0 Å². The van der Waals surface area contributed by atoms with Crippen molar-refractivity contribution in [3.05, 3.63) is 42.1 Å². The van der Waals surface area contributed by atoms with Gasteiger partial charge in [0.05, 0.1) is 0 Å². The van der Waals surface area contributed by atoms with Crippen molar-refractivity contribution in [1.82, 2.24) is 0 Å². The maximum absolute atomic E-state index is 2.32. The smallest absolute Gasteiger partial charge is 0.147 e. The van der Waals surface area contributed by atoms with E-state index in [1.807, 2.05) is 0 Å². The van der Waals surface area contributed by atoms with E-state index in [1.54, 1.807) is 17.8 Å². The third-order valence-corrected chi connectivity index (χ3v) is 9.10. The Bertz CT molecular complexity index is 315. The first-order valence-electron chi connectivity index (χ1n) is 4.77. The van der Waals surface area contributed by atoms with E-state index in [0.29, 0.717) is 0 Å². The fourth-order valence-electron chi connectivity index (χ4n) is 1.71. The molecule has 0 aromatic rings. The Labute approximate surface area is 116 Å². The van der Waals surface area contributed by atoms with Crippen molar-refractivity contribution in [1.29, 1.82) is 0 Å². The van der Waals surface area contributed by atoms with E-state index in [0.717, 1.165) is 0 Å². The fourth-order valence-corrected chi connectivity index (χ4v) is 6.62. The fraction of sp³-hybridized carbons (Fsp3) is 0.333. The van der Waals surface area contributed by atoms with Gasteiger partial charge in [-0.1, -0.05) is 0 Å². The second-order valence-corrected chi connectivity index (χ2v) is 8.90. The summed E-state index contributed by atoms with van der Waals surface area (Å²) in [6.07, 6.45) is 11.7. The van der Waals surface area contributed by atoms with Gasteiger partial charge in [-0.15, -0.1) is 24.8 Å². The third kappa shape index (κ3) is 3.72. The molecule has 0 radical (unpaired) electrons. The second kappa shape index (κ2) is 6.88. The Morgan fingerprint density at radius 2 is 1.27 bits per heavy atom. The normalized spacial score (nSPS) is 18.0. The molecule has 2 aliphatic carbocycles. The summed E-state index contributed by atoms with van der Waals surface area (Å²) in [6, 6.07) is 0. The van der Waals surface area contributed by atoms with E-state index in [4.69, 9.17) is 0 Å². The van der Waals surface area contributed by atoms with Gasteiger partial charge in [0.25, 0.3) is 0 Å². The summed E-state index contributed by atoms with van der Waals surface area (Å²) in [7, 11) is 0. The Hall–Kier alpha value is 0.410. The molecule has 82 valence electrons. The molecule has 0 aromatic carbocycles. The molecule has 0 N–H and O–H groups in total. The van der Waals surface area contributed by atoms with Gasteiger partial charge in [0.15, 0.2) is 0 Å². The third-order valence-electron chi connectivity index (χ3n) is 2.63. The van der Waals surface area contributed by atoms with Gasteiger partial charge in [0.2, 0.25) is 0 Å². The van der Waals surface area contributed by atoms with E-state index >= 15 is 0 Å². The molecule has 2 rings (SSSR count). The average Bonchev–Trinajstić information content (AvgIpc) is 2.65. The molecule has 0 amide bonds. The van der Waals surface area contributed by atoms with Gasteiger partial charge < -0.3 is 0 Å². The monoisotopic (exact) mass is 410 g/mol. The predicted octanol–water partition coefficient (Wildman–Crippen LogP) is 4.38. The molecule has 0 aromatic heterocycles. The van der Waals surface area contributed by atoms with Gasteiger partial charge >= 0.3 is 91.7 Å². The summed E-state index contributed by atoms with van der Waals surface area (Å²) in [5.74, 6) is 0. The second-order valence-electron chi connectivity index (χ2n) is 3.66. The predicted molar refractivity (Wildman–Crippen MR) is 67.4 cm³/mol. The van der Waals surface area contributed by atoms with Gasteiger partial charge in [-0.3, -0.25) is 0 Å². The minimum absolute atomic E-state index is 0. The van der Waals surface area contributed by atoms with E-state index in [2.05, 4.69) is 38.2 Å². The minimum atomic E-state index is -0.612. The van der Waals surface area contributed by atoms with Crippen LogP contribution in [0.4, 0.5) is 0 Å². The van der Waals surface area contributed by atoms with Gasteiger partial charge in [-0.2, -0.15) is 0 Å². The van der Waals surface area contributed by atoms with Crippen molar-refractivity contribution in [2.75, 3.05) is 0 Å². The van der Waals surface area contributed by atoms with E-state index in [1.165, 1.54) is 12.8 Å². The molecule has 0 nitrogen and oxygen atoms in total. The molecule has 0 fully saturated rings. The molecule has 0 aliphatic heterocycles. The van der Waals surface area contributed by atoms with Crippen LogP contribution in [0, 0.1) is 0 Å². The molecule has 0 saturated heterocycles. The van der Waals surface area contributed by atoms with Crippen molar-refractivity contribution in [2.45, 2.75) is 26.7 Å². The molecule has 0 saturated carbocycles. The molecular formula is C12H16Cl2Hf. The van der Waals surface area contributed by atoms with Crippen LogP contribution in [-0.2, 0) is 22.9 Å². The Kier molecular flexibility index (Phi) is 7.07. The van der Waals surface area contributed by atoms with Crippen molar-refractivity contribution in [3.63, 3.8) is 0 Å². The van der Waals surface area contributed by atoms with Crippen LogP contribution in [0.25, 0.3) is 0 Å². The van der Waals surface area contributed by atoms with Crippen LogP contribution in [0.15, 0.2) is 42.1 Å². The molecule has 15 heavy (non-hydrogen) atoms. The SMILES string of the molecule is CC1=[C]([Hf][C]2=C(C)C=CC2)CC=C1.Cl.Cl. The maximum Gasteiger partial charge on any atom is -0.147 e. The molecular weight excluding hydrogens is 394 g/mol. The van der Waals surface area contributed by atoms with E-state index in [9.17, 15) is 0 Å². The topological polar surface area (TPSA) is 0 Å². The first-order chi connectivity index (χ1) is 6.27. The van der Waals surface area contributed by atoms with Crippen LogP contribution in [0.1, 0.15) is 26.7 Å². The zero-order valence-electron chi connectivity index (χ0n) is 9.04. The first-order valence-corrected chi connectivity index (χ1v) is 8.36. The summed E-state index contributed by atoms with van der Waals surface area (Å²) in [4.78, 5) is 0. The van der Waals surface area contributed by atoms with Gasteiger partial charge in [0.1, 0.15) is 0 Å². The van der Waals surface area contributed by atoms with Gasteiger partial charge in [-0.05, 0) is 0 Å². The number of allylic oxidation sites excluding steroid dienone is 8. The molecule has 0 spiro atoms. The Morgan fingerprint density at radius 1 is 0.867 bits per heavy atom. The number of rotatable bonds is 2. The summed E-state index contributed by atoms with van der Waals surface area (Å²) in [6.45, 7) is 4.54. The van der Waals surface area contributed by atoms with Crippen LogP contribution in [0.2, 0.25) is 0 Å². The molecule has 2 aliphatic rings. The number of hydrogen-bond acceptors (Lipinski definition) is 0. The van der Waals surface area contributed by atoms with Crippen LogP contribution < -0.4 is 0 Å². The van der Waals surface area contributed by atoms with Crippen molar-refractivity contribution in [2.24, 2.45) is 0 Å². The van der Waals surface area contributed by atoms with Crippen molar-refractivity contribution < 1.29 is 22.9 Å². The summed E-state index contributed by atoms with van der Waals surface area (Å²) in [5, 5.41) is 0. The van der Waals surface area contributed by atoms with E-state index < -0.39 is 22.9 Å². The maximum atomic E-state index is 2.32.